The molecule has 4 N–H and O–H groups in total. The number of aliphatic carboxylic acids is 1. The highest BCUT2D eigenvalue weighted by Crippen LogP contribution is 2.19. The van der Waals surface area contributed by atoms with Gasteiger partial charge >= 0.3 is 5.97 Å². The fraction of sp³-hybridized carbons (Fsp3) is 0.385. The van der Waals surface area contributed by atoms with Crippen LogP contribution in [0.2, 0.25) is 0 Å². The highest BCUT2D eigenvalue weighted by Gasteiger charge is 2.21. The largest absolute Gasteiger partial charge is 0.497 e. The van der Waals surface area contributed by atoms with Crippen molar-refractivity contribution in [2.45, 2.75) is 25.8 Å². The van der Waals surface area contributed by atoms with Gasteiger partial charge in [0.05, 0.1) is 12.7 Å². The molecule has 0 spiro atoms. The van der Waals surface area contributed by atoms with E-state index in [1.165, 1.54) is 13.2 Å². The highest BCUT2D eigenvalue weighted by molar-refractivity contribution is 6.01. The van der Waals surface area contributed by atoms with Gasteiger partial charge in [-0.1, -0.05) is 13.3 Å². The predicted molar refractivity (Wildman–Crippen MR) is 71.2 cm³/mol. The smallest absolute Gasteiger partial charge is 0.326 e. The quantitative estimate of drug-likeness (QED) is 0.673. The monoisotopic (exact) mass is 266 g/mol. The van der Waals surface area contributed by atoms with E-state index in [1.807, 2.05) is 6.92 Å². The van der Waals surface area contributed by atoms with Gasteiger partial charge in [0.1, 0.15) is 11.8 Å². The van der Waals surface area contributed by atoms with Gasteiger partial charge in [0.25, 0.3) is 5.91 Å². The average Bonchev–Trinajstić information content (AvgIpc) is 2.38. The number of hydrogen-bond acceptors (Lipinski definition) is 4. The van der Waals surface area contributed by atoms with Gasteiger partial charge in [0.15, 0.2) is 0 Å². The van der Waals surface area contributed by atoms with Gasteiger partial charge in [0.2, 0.25) is 0 Å². The second kappa shape index (κ2) is 6.63. The van der Waals surface area contributed by atoms with Crippen LogP contribution in [-0.2, 0) is 4.79 Å². The second-order valence-corrected chi connectivity index (χ2v) is 4.11. The molecule has 0 aromatic heterocycles. The number of rotatable bonds is 6. The van der Waals surface area contributed by atoms with E-state index in [9.17, 15) is 9.59 Å². The van der Waals surface area contributed by atoms with Gasteiger partial charge in [-0.2, -0.15) is 0 Å². The first-order chi connectivity index (χ1) is 8.99. The number of carbonyl (C=O) groups excluding carboxylic acids is 1. The molecular formula is C13H18N2O4. The van der Waals surface area contributed by atoms with E-state index < -0.39 is 17.9 Å². The Balaban J connectivity index is 2.90. The Labute approximate surface area is 111 Å². The van der Waals surface area contributed by atoms with E-state index in [-0.39, 0.29) is 11.3 Å². The van der Waals surface area contributed by atoms with Crippen LogP contribution in [0, 0.1) is 0 Å². The Kier molecular flexibility index (Phi) is 5.17. The molecule has 0 fully saturated rings. The molecule has 0 aliphatic heterocycles. The third kappa shape index (κ3) is 3.87. The summed E-state index contributed by atoms with van der Waals surface area (Å²) in [5.41, 5.74) is 6.19. The molecule has 19 heavy (non-hydrogen) atoms. The fourth-order valence-corrected chi connectivity index (χ4v) is 1.64. The molecule has 1 atom stereocenters. The standard InChI is InChI=1S/C13H18N2O4/c1-3-4-11(13(17)18)15-12(16)9-7-8(19-2)5-6-10(9)14/h5-7,11H,3-4,14H2,1-2H3,(H,15,16)(H,17,18)/t11-/m1/s1. The molecule has 1 rings (SSSR count). The van der Waals surface area contributed by atoms with Crippen LogP contribution >= 0.6 is 0 Å². The molecular weight excluding hydrogens is 248 g/mol. The number of hydrogen-bond donors (Lipinski definition) is 3. The molecule has 0 radical (unpaired) electrons. The summed E-state index contributed by atoms with van der Waals surface area (Å²) >= 11 is 0. The first kappa shape index (κ1) is 14.8. The lowest BCUT2D eigenvalue weighted by molar-refractivity contribution is -0.139. The third-order valence-corrected chi connectivity index (χ3v) is 2.69. The minimum Gasteiger partial charge on any atom is -0.497 e. The molecule has 0 bridgehead atoms. The van der Waals surface area contributed by atoms with Crippen LogP contribution in [0.25, 0.3) is 0 Å². The molecule has 1 aromatic rings. The number of nitrogen functional groups attached to an aromatic ring is 1. The molecule has 0 aliphatic rings. The van der Waals surface area contributed by atoms with Gasteiger partial charge in [-0.15, -0.1) is 0 Å². The maximum absolute atomic E-state index is 12.0. The number of methoxy groups -OCH3 is 1. The SMILES string of the molecule is CCC[C@@H](NC(=O)c1cc(OC)ccc1N)C(=O)O. The maximum Gasteiger partial charge on any atom is 0.326 e. The molecule has 6 heteroatoms. The summed E-state index contributed by atoms with van der Waals surface area (Å²) in [7, 11) is 1.48. The van der Waals surface area contributed by atoms with Crippen LogP contribution < -0.4 is 15.8 Å². The molecule has 104 valence electrons. The van der Waals surface area contributed by atoms with E-state index in [2.05, 4.69) is 5.32 Å². The average molecular weight is 266 g/mol. The Morgan fingerprint density at radius 3 is 2.68 bits per heavy atom. The van der Waals surface area contributed by atoms with Crippen LogP contribution in [0.3, 0.4) is 0 Å². The first-order valence-electron chi connectivity index (χ1n) is 5.96. The summed E-state index contributed by atoms with van der Waals surface area (Å²) in [6.45, 7) is 1.85. The van der Waals surface area contributed by atoms with Crippen molar-refractivity contribution < 1.29 is 19.4 Å². The minimum absolute atomic E-state index is 0.210. The lowest BCUT2D eigenvalue weighted by atomic mass is 10.1. The predicted octanol–water partition coefficient (Wildman–Crippen LogP) is 1.26. The van der Waals surface area contributed by atoms with E-state index in [0.717, 1.165) is 0 Å². The van der Waals surface area contributed by atoms with Crippen LogP contribution in [0.4, 0.5) is 5.69 Å². The number of benzene rings is 1. The van der Waals surface area contributed by atoms with Gasteiger partial charge in [-0.05, 0) is 24.6 Å². The van der Waals surface area contributed by atoms with Crippen molar-refractivity contribution >= 4 is 17.6 Å². The van der Waals surface area contributed by atoms with Crippen LogP contribution in [0.5, 0.6) is 5.75 Å². The first-order valence-corrected chi connectivity index (χ1v) is 5.96. The number of carbonyl (C=O) groups is 2. The summed E-state index contributed by atoms with van der Waals surface area (Å²) in [4.78, 5) is 23.0. The Bertz CT molecular complexity index is 474. The zero-order valence-corrected chi connectivity index (χ0v) is 11.0. The van der Waals surface area contributed by atoms with Crippen molar-refractivity contribution in [2.75, 3.05) is 12.8 Å². The number of anilines is 1. The van der Waals surface area contributed by atoms with Crippen molar-refractivity contribution in [1.82, 2.24) is 5.32 Å². The van der Waals surface area contributed by atoms with Crippen LogP contribution in [0.15, 0.2) is 18.2 Å². The Morgan fingerprint density at radius 1 is 1.47 bits per heavy atom. The maximum atomic E-state index is 12.0. The van der Waals surface area contributed by atoms with Crippen LogP contribution in [0.1, 0.15) is 30.1 Å². The number of carboxylic acids is 1. The van der Waals surface area contributed by atoms with Gasteiger partial charge in [0, 0.05) is 5.69 Å². The minimum atomic E-state index is -1.06. The molecule has 0 aliphatic carbocycles. The molecule has 0 saturated heterocycles. The summed E-state index contributed by atoms with van der Waals surface area (Å²) < 4.78 is 5.01. The third-order valence-electron chi connectivity index (χ3n) is 2.69. The molecule has 0 saturated carbocycles. The summed E-state index contributed by atoms with van der Waals surface area (Å²) in [5, 5.41) is 11.5. The molecule has 6 nitrogen and oxygen atoms in total. The van der Waals surface area contributed by atoms with E-state index in [4.69, 9.17) is 15.6 Å². The van der Waals surface area contributed by atoms with Crippen molar-refractivity contribution in [3.05, 3.63) is 23.8 Å². The Hall–Kier alpha value is -2.24. The fourth-order valence-electron chi connectivity index (χ4n) is 1.64. The summed E-state index contributed by atoms with van der Waals surface area (Å²) in [6, 6.07) is 3.74. The zero-order chi connectivity index (χ0) is 14.4. The Morgan fingerprint density at radius 2 is 2.16 bits per heavy atom. The molecule has 1 aromatic carbocycles. The lowest BCUT2D eigenvalue weighted by Crippen LogP contribution is -2.40. The summed E-state index contributed by atoms with van der Waals surface area (Å²) in [6.07, 6.45) is 1.02. The van der Waals surface area contributed by atoms with Crippen LogP contribution in [-0.4, -0.2) is 30.1 Å². The molecule has 0 unspecified atom stereocenters. The van der Waals surface area contributed by atoms with Crippen molar-refractivity contribution in [1.29, 1.82) is 0 Å². The second-order valence-electron chi connectivity index (χ2n) is 4.11. The number of ether oxygens (including phenoxy) is 1. The molecule has 1 amide bonds. The van der Waals surface area contributed by atoms with Gasteiger partial charge < -0.3 is 20.9 Å². The summed E-state index contributed by atoms with van der Waals surface area (Å²) in [5.74, 6) is -1.09. The van der Waals surface area contributed by atoms with Gasteiger partial charge in [-0.25, -0.2) is 4.79 Å². The number of amides is 1. The van der Waals surface area contributed by atoms with Crippen molar-refractivity contribution in [3.8, 4) is 5.75 Å². The van der Waals surface area contributed by atoms with Gasteiger partial charge in [-0.3, -0.25) is 4.79 Å². The number of carboxylic acid groups (broad SMARTS) is 1. The van der Waals surface area contributed by atoms with E-state index in [0.29, 0.717) is 18.6 Å². The van der Waals surface area contributed by atoms with E-state index >= 15 is 0 Å². The van der Waals surface area contributed by atoms with Crippen molar-refractivity contribution in [3.63, 3.8) is 0 Å². The highest BCUT2D eigenvalue weighted by atomic mass is 16.5. The van der Waals surface area contributed by atoms with E-state index in [1.54, 1.807) is 12.1 Å². The number of nitrogens with one attached hydrogen (secondary N) is 1. The zero-order valence-electron chi connectivity index (χ0n) is 11.0. The normalized spacial score (nSPS) is 11.7. The lowest BCUT2D eigenvalue weighted by Gasteiger charge is -2.14. The topological polar surface area (TPSA) is 102 Å². The number of nitrogens with two attached hydrogens (primary N) is 1. The van der Waals surface area contributed by atoms with Crippen molar-refractivity contribution in [2.24, 2.45) is 0 Å². The molecule has 0 heterocycles.